The van der Waals surface area contributed by atoms with Gasteiger partial charge < -0.3 is 5.11 Å². The van der Waals surface area contributed by atoms with Crippen LogP contribution in [0.5, 0.6) is 0 Å². The van der Waals surface area contributed by atoms with Gasteiger partial charge in [-0.15, -0.1) is 11.3 Å². The van der Waals surface area contributed by atoms with E-state index in [0.717, 1.165) is 15.0 Å². The Kier molecular flexibility index (Phi) is 3.87. The first kappa shape index (κ1) is 14.3. The molecule has 0 aliphatic heterocycles. The quantitative estimate of drug-likeness (QED) is 0.853. The lowest BCUT2D eigenvalue weighted by Gasteiger charge is -2.22. The minimum Gasteiger partial charge on any atom is -0.385 e. The third kappa shape index (κ3) is 3.70. The van der Waals surface area contributed by atoms with Crippen molar-refractivity contribution in [1.82, 2.24) is 0 Å². The topological polar surface area (TPSA) is 20.2 Å². The van der Waals surface area contributed by atoms with Crippen molar-refractivity contribution in [2.45, 2.75) is 38.0 Å². The molecule has 1 atom stereocenters. The fourth-order valence-corrected chi connectivity index (χ4v) is 3.14. The van der Waals surface area contributed by atoms with Crippen molar-refractivity contribution in [2.24, 2.45) is 0 Å². The highest BCUT2D eigenvalue weighted by Gasteiger charge is 2.30. The van der Waals surface area contributed by atoms with Gasteiger partial charge >= 0.3 is 6.18 Å². The van der Waals surface area contributed by atoms with E-state index in [2.05, 4.69) is 0 Å². The van der Waals surface area contributed by atoms with Crippen molar-refractivity contribution < 1.29 is 18.3 Å². The van der Waals surface area contributed by atoms with E-state index in [4.69, 9.17) is 0 Å². The van der Waals surface area contributed by atoms with E-state index in [1.165, 1.54) is 11.3 Å². The monoisotopic (exact) mass is 288 g/mol. The van der Waals surface area contributed by atoms with Gasteiger partial charge in [0.05, 0.1) is 5.60 Å². The van der Waals surface area contributed by atoms with Crippen molar-refractivity contribution in [3.8, 4) is 0 Å². The summed E-state index contributed by atoms with van der Waals surface area (Å²) < 4.78 is 37.4. The predicted molar refractivity (Wildman–Crippen MR) is 71.3 cm³/mol. The molecule has 19 heavy (non-hydrogen) atoms. The average molecular weight is 288 g/mol. The Morgan fingerprint density at radius 1 is 1.16 bits per heavy atom. The van der Waals surface area contributed by atoms with Crippen molar-refractivity contribution in [3.63, 3.8) is 0 Å². The Bertz CT molecular complexity index is 524. The second-order valence-electron chi connectivity index (χ2n) is 4.89. The molecule has 0 bridgehead atoms. The molecular formula is C14H15F3OS. The molecule has 2 aromatic rings. The van der Waals surface area contributed by atoms with Crippen LogP contribution >= 0.6 is 11.3 Å². The summed E-state index contributed by atoms with van der Waals surface area (Å²) in [6, 6.07) is 9.53. The smallest absolute Gasteiger partial charge is 0.385 e. The Hall–Kier alpha value is -1.07. The molecule has 1 nitrogen and oxygen atoms in total. The van der Waals surface area contributed by atoms with E-state index in [1.807, 2.05) is 30.3 Å². The van der Waals surface area contributed by atoms with Gasteiger partial charge in [-0.3, -0.25) is 0 Å². The largest absolute Gasteiger partial charge is 0.389 e. The van der Waals surface area contributed by atoms with Gasteiger partial charge in [0, 0.05) is 16.0 Å². The van der Waals surface area contributed by atoms with Crippen LogP contribution in [0.15, 0.2) is 30.3 Å². The molecule has 104 valence electrons. The molecule has 5 heteroatoms. The highest BCUT2D eigenvalue weighted by Crippen LogP contribution is 2.36. The van der Waals surface area contributed by atoms with Crippen molar-refractivity contribution in [3.05, 3.63) is 35.2 Å². The first-order valence-electron chi connectivity index (χ1n) is 6.06. The molecule has 0 aliphatic carbocycles. The second-order valence-corrected chi connectivity index (χ2v) is 5.97. The van der Waals surface area contributed by atoms with Gasteiger partial charge in [0.25, 0.3) is 0 Å². The van der Waals surface area contributed by atoms with E-state index in [1.54, 1.807) is 6.92 Å². The maximum absolute atomic E-state index is 12.1. The van der Waals surface area contributed by atoms with Crippen molar-refractivity contribution >= 4 is 21.4 Å². The molecule has 0 amide bonds. The maximum Gasteiger partial charge on any atom is 0.389 e. The summed E-state index contributed by atoms with van der Waals surface area (Å²) in [4.78, 5) is 0.718. The van der Waals surface area contributed by atoms with Gasteiger partial charge in [0.2, 0.25) is 0 Å². The Balaban J connectivity index is 2.10. The van der Waals surface area contributed by atoms with Gasteiger partial charge in [0.1, 0.15) is 0 Å². The molecule has 0 saturated carbocycles. The fraction of sp³-hybridized carbons (Fsp3) is 0.429. The Morgan fingerprint density at radius 2 is 1.84 bits per heavy atom. The molecule has 2 rings (SSSR count). The number of benzene rings is 1. The Labute approximate surface area is 113 Å². The van der Waals surface area contributed by atoms with Crippen LogP contribution in [0.3, 0.4) is 0 Å². The summed E-state index contributed by atoms with van der Waals surface area (Å²) in [5, 5.41) is 11.3. The van der Waals surface area contributed by atoms with Gasteiger partial charge in [-0.05, 0) is 37.3 Å². The number of fused-ring (bicyclic) bond motifs is 1. The molecule has 0 fully saturated rings. The molecule has 1 heterocycles. The SMILES string of the molecule is CC(O)(CCCC(F)(F)F)c1cc2ccccc2s1. The zero-order valence-corrected chi connectivity index (χ0v) is 11.3. The van der Waals surface area contributed by atoms with Gasteiger partial charge in [-0.25, -0.2) is 0 Å². The van der Waals surface area contributed by atoms with Crippen LogP contribution in [-0.2, 0) is 5.60 Å². The number of halogens is 3. The lowest BCUT2D eigenvalue weighted by Crippen LogP contribution is -2.20. The van der Waals surface area contributed by atoms with Crippen LogP contribution in [0.25, 0.3) is 10.1 Å². The number of hydrogen-bond donors (Lipinski definition) is 1. The molecule has 1 aromatic carbocycles. The van der Waals surface area contributed by atoms with Crippen molar-refractivity contribution in [2.75, 3.05) is 0 Å². The summed E-state index contributed by atoms with van der Waals surface area (Å²) in [5.74, 6) is 0. The number of hydrogen-bond acceptors (Lipinski definition) is 2. The van der Waals surface area contributed by atoms with Gasteiger partial charge in [-0.1, -0.05) is 18.2 Å². The molecule has 1 N–H and O–H groups in total. The zero-order valence-electron chi connectivity index (χ0n) is 10.5. The second kappa shape index (κ2) is 5.13. The van der Waals surface area contributed by atoms with E-state index in [9.17, 15) is 18.3 Å². The highest BCUT2D eigenvalue weighted by molar-refractivity contribution is 7.19. The summed E-state index contributed by atoms with van der Waals surface area (Å²) in [7, 11) is 0. The number of rotatable bonds is 4. The number of aliphatic hydroxyl groups is 1. The summed E-state index contributed by atoms with van der Waals surface area (Å²) in [6.45, 7) is 1.58. The van der Waals surface area contributed by atoms with Gasteiger partial charge in [-0.2, -0.15) is 13.2 Å². The van der Waals surface area contributed by atoms with Gasteiger partial charge in [0.15, 0.2) is 0 Å². The maximum atomic E-state index is 12.1. The first-order valence-corrected chi connectivity index (χ1v) is 6.88. The minimum absolute atomic E-state index is 0.0647. The molecule has 0 radical (unpaired) electrons. The summed E-state index contributed by atoms with van der Waals surface area (Å²) >= 11 is 1.43. The predicted octanol–water partition coefficient (Wildman–Crippen LogP) is 4.84. The molecule has 0 saturated heterocycles. The normalized spacial score (nSPS) is 15.6. The van der Waals surface area contributed by atoms with Crippen molar-refractivity contribution in [1.29, 1.82) is 0 Å². The number of thiophene rings is 1. The third-order valence-electron chi connectivity index (χ3n) is 3.08. The fourth-order valence-electron chi connectivity index (χ4n) is 2.00. The average Bonchev–Trinajstić information content (AvgIpc) is 2.71. The van der Waals surface area contributed by atoms with Crippen LogP contribution in [0.2, 0.25) is 0 Å². The third-order valence-corrected chi connectivity index (χ3v) is 4.45. The molecule has 0 aliphatic rings. The van der Waals surface area contributed by atoms with Crippen LogP contribution in [0.1, 0.15) is 31.1 Å². The van der Waals surface area contributed by atoms with Crippen LogP contribution in [-0.4, -0.2) is 11.3 Å². The number of alkyl halides is 3. The van der Waals surface area contributed by atoms with E-state index in [-0.39, 0.29) is 12.8 Å². The summed E-state index contributed by atoms with van der Waals surface area (Å²) in [6.07, 6.45) is -4.96. The molecule has 1 aromatic heterocycles. The van der Waals surface area contributed by atoms with Crippen LogP contribution in [0, 0.1) is 0 Å². The lowest BCUT2D eigenvalue weighted by molar-refractivity contribution is -0.137. The minimum atomic E-state index is -4.16. The van der Waals surface area contributed by atoms with E-state index in [0.29, 0.717) is 0 Å². The first-order chi connectivity index (χ1) is 8.78. The van der Waals surface area contributed by atoms with E-state index >= 15 is 0 Å². The van der Waals surface area contributed by atoms with E-state index < -0.39 is 18.2 Å². The highest BCUT2D eigenvalue weighted by atomic mass is 32.1. The Morgan fingerprint density at radius 3 is 2.47 bits per heavy atom. The molecular weight excluding hydrogens is 273 g/mol. The lowest BCUT2D eigenvalue weighted by atomic mass is 9.96. The zero-order chi connectivity index (χ0) is 14.1. The van der Waals surface area contributed by atoms with Crippen LogP contribution in [0.4, 0.5) is 13.2 Å². The molecule has 0 spiro atoms. The van der Waals surface area contributed by atoms with Crippen LogP contribution < -0.4 is 0 Å². The standard InChI is InChI=1S/C14H15F3OS/c1-13(18,7-4-8-14(15,16)17)12-9-10-5-2-3-6-11(10)19-12/h2-3,5-6,9,18H,4,7-8H2,1H3. The molecule has 1 unspecified atom stereocenters. The summed E-state index contributed by atoms with van der Waals surface area (Å²) in [5.41, 5.74) is -1.20.